The van der Waals surface area contributed by atoms with Crippen LogP contribution >= 0.6 is 0 Å². The Morgan fingerprint density at radius 2 is 2.22 bits per heavy atom. The number of hydrogen-bond donors (Lipinski definition) is 4. The highest BCUT2D eigenvalue weighted by Crippen LogP contribution is 2.29. The molecule has 0 saturated heterocycles. The van der Waals surface area contributed by atoms with Crippen LogP contribution < -0.4 is 15.8 Å². The number of allylic oxidation sites excluding steroid dienone is 1. The zero-order chi connectivity index (χ0) is 19.4. The Morgan fingerprint density at radius 1 is 1.41 bits per heavy atom. The van der Waals surface area contributed by atoms with Crippen molar-refractivity contribution < 1.29 is 13.9 Å². The van der Waals surface area contributed by atoms with E-state index in [1.807, 2.05) is 0 Å². The average molecular weight is 366 g/mol. The van der Waals surface area contributed by atoms with Crippen LogP contribution in [0.2, 0.25) is 0 Å². The first kappa shape index (κ1) is 18.4. The summed E-state index contributed by atoms with van der Waals surface area (Å²) in [6, 6.07) is 6.51. The quantitative estimate of drug-likeness (QED) is 0.280. The number of nitrogen functional groups attached to an aromatic ring is 1. The van der Waals surface area contributed by atoms with Crippen LogP contribution in [0, 0.1) is 16.7 Å². The molecule has 0 spiro atoms. The third-order valence-corrected chi connectivity index (χ3v) is 4.57. The van der Waals surface area contributed by atoms with Gasteiger partial charge in [-0.2, -0.15) is 0 Å². The molecule has 2 aromatic rings. The molecule has 7 nitrogen and oxygen atoms in total. The van der Waals surface area contributed by atoms with Crippen molar-refractivity contribution in [2.75, 3.05) is 12.8 Å². The maximum Gasteiger partial charge on any atom is 0.314 e. The van der Waals surface area contributed by atoms with Crippen molar-refractivity contribution >= 4 is 23.1 Å². The SMILES string of the molecule is CN/C=C1/CC(C(=O)Oc2ccc(N)c(C(=N)c3ccoc3)c2)CCC1=N. The summed E-state index contributed by atoms with van der Waals surface area (Å²) in [6.45, 7) is 0. The van der Waals surface area contributed by atoms with Gasteiger partial charge in [-0.05, 0) is 49.1 Å². The molecule has 1 aliphatic rings. The third-order valence-electron chi connectivity index (χ3n) is 4.57. The van der Waals surface area contributed by atoms with Gasteiger partial charge in [0.15, 0.2) is 0 Å². The minimum absolute atomic E-state index is 0.199. The van der Waals surface area contributed by atoms with Gasteiger partial charge in [0.1, 0.15) is 5.75 Å². The second kappa shape index (κ2) is 7.90. The summed E-state index contributed by atoms with van der Waals surface area (Å²) in [4.78, 5) is 12.6. The number of carbonyl (C=O) groups excluding carboxylic acids is 1. The number of hydrogen-bond acceptors (Lipinski definition) is 7. The minimum atomic E-state index is -0.338. The molecular formula is C20H22N4O3. The first-order valence-electron chi connectivity index (χ1n) is 8.66. The highest BCUT2D eigenvalue weighted by molar-refractivity contribution is 6.13. The Bertz CT molecular complexity index is 900. The lowest BCUT2D eigenvalue weighted by molar-refractivity contribution is -0.139. The van der Waals surface area contributed by atoms with Crippen LogP contribution in [0.25, 0.3) is 0 Å². The molecule has 3 rings (SSSR count). The maximum absolute atomic E-state index is 12.6. The van der Waals surface area contributed by atoms with E-state index in [4.69, 9.17) is 25.7 Å². The second-order valence-corrected chi connectivity index (χ2v) is 6.43. The van der Waals surface area contributed by atoms with Crippen LogP contribution in [0.15, 0.2) is 53.0 Å². The predicted octanol–water partition coefficient (Wildman–Crippen LogP) is 3.11. The number of carbonyl (C=O) groups is 1. The molecule has 27 heavy (non-hydrogen) atoms. The molecule has 1 aromatic carbocycles. The summed E-state index contributed by atoms with van der Waals surface area (Å²) < 4.78 is 10.6. The van der Waals surface area contributed by atoms with Gasteiger partial charge in [0.05, 0.1) is 24.2 Å². The van der Waals surface area contributed by atoms with Gasteiger partial charge < -0.3 is 25.6 Å². The lowest BCUT2D eigenvalue weighted by Crippen LogP contribution is -2.27. The van der Waals surface area contributed by atoms with Crippen LogP contribution in [0.3, 0.4) is 0 Å². The minimum Gasteiger partial charge on any atom is -0.472 e. The van der Waals surface area contributed by atoms with Gasteiger partial charge in [0, 0.05) is 35.8 Å². The number of nitrogens with two attached hydrogens (primary N) is 1. The summed E-state index contributed by atoms with van der Waals surface area (Å²) in [7, 11) is 1.77. The number of furan rings is 1. The summed E-state index contributed by atoms with van der Waals surface area (Å²) in [5.74, 6) is -0.291. The Morgan fingerprint density at radius 3 is 2.93 bits per heavy atom. The van der Waals surface area contributed by atoms with Gasteiger partial charge in [-0.3, -0.25) is 10.2 Å². The zero-order valence-corrected chi connectivity index (χ0v) is 15.0. The van der Waals surface area contributed by atoms with Crippen molar-refractivity contribution in [2.24, 2.45) is 5.92 Å². The molecule has 0 aliphatic heterocycles. The van der Waals surface area contributed by atoms with E-state index < -0.39 is 0 Å². The van der Waals surface area contributed by atoms with Crippen LogP contribution in [0.5, 0.6) is 5.75 Å². The van der Waals surface area contributed by atoms with Crippen molar-refractivity contribution in [2.45, 2.75) is 19.3 Å². The molecule has 1 atom stereocenters. The van der Waals surface area contributed by atoms with Gasteiger partial charge in [0.25, 0.3) is 0 Å². The van der Waals surface area contributed by atoms with E-state index >= 15 is 0 Å². The molecule has 140 valence electrons. The number of rotatable bonds is 5. The summed E-state index contributed by atoms with van der Waals surface area (Å²) in [5.41, 5.74) is 9.06. The molecule has 1 fully saturated rings. The smallest absolute Gasteiger partial charge is 0.314 e. The fourth-order valence-electron chi connectivity index (χ4n) is 3.07. The zero-order valence-electron chi connectivity index (χ0n) is 15.0. The number of nitrogens with one attached hydrogen (secondary N) is 3. The van der Waals surface area contributed by atoms with E-state index in [0.717, 1.165) is 5.57 Å². The predicted molar refractivity (Wildman–Crippen MR) is 103 cm³/mol. The second-order valence-electron chi connectivity index (χ2n) is 6.43. The molecule has 1 heterocycles. The molecular weight excluding hydrogens is 344 g/mol. The van der Waals surface area contributed by atoms with Crippen molar-refractivity contribution in [3.8, 4) is 5.75 Å². The monoisotopic (exact) mass is 366 g/mol. The first-order valence-corrected chi connectivity index (χ1v) is 8.66. The molecule has 0 bridgehead atoms. The Kier molecular flexibility index (Phi) is 5.40. The highest BCUT2D eigenvalue weighted by Gasteiger charge is 2.28. The van der Waals surface area contributed by atoms with E-state index in [2.05, 4.69) is 5.32 Å². The molecule has 1 unspecified atom stereocenters. The molecule has 1 aromatic heterocycles. The van der Waals surface area contributed by atoms with E-state index in [1.165, 1.54) is 12.5 Å². The topological polar surface area (TPSA) is 125 Å². The lowest BCUT2D eigenvalue weighted by Gasteiger charge is -2.23. The van der Waals surface area contributed by atoms with Gasteiger partial charge in [0.2, 0.25) is 0 Å². The highest BCUT2D eigenvalue weighted by atomic mass is 16.5. The molecule has 5 N–H and O–H groups in total. The lowest BCUT2D eigenvalue weighted by atomic mass is 9.84. The molecule has 1 saturated carbocycles. The van der Waals surface area contributed by atoms with E-state index in [0.29, 0.717) is 47.5 Å². The largest absolute Gasteiger partial charge is 0.472 e. The van der Waals surface area contributed by atoms with Gasteiger partial charge in [-0.25, -0.2) is 0 Å². The Labute approximate surface area is 157 Å². The molecule has 0 amide bonds. The Hall–Kier alpha value is -3.35. The standard InChI is InChI=1S/C20H22N4O3/c1-24-10-14-8-12(2-4-17(14)21)20(25)27-15-3-5-18(22)16(9-15)19(23)13-6-7-26-11-13/h3,5-7,9-12,21,23-24H,2,4,8,22H2,1H3/b14-10-,21-17?,23-19?. The summed E-state index contributed by atoms with van der Waals surface area (Å²) in [5, 5.41) is 19.2. The van der Waals surface area contributed by atoms with Crippen LogP contribution in [0.4, 0.5) is 5.69 Å². The van der Waals surface area contributed by atoms with Gasteiger partial charge in [-0.15, -0.1) is 0 Å². The van der Waals surface area contributed by atoms with E-state index in [9.17, 15) is 4.79 Å². The maximum atomic E-state index is 12.6. The normalized spacial score (nSPS) is 18.3. The van der Waals surface area contributed by atoms with Gasteiger partial charge in [-0.1, -0.05) is 0 Å². The number of ether oxygens (including phenoxy) is 1. The van der Waals surface area contributed by atoms with Crippen LogP contribution in [-0.4, -0.2) is 24.4 Å². The van der Waals surface area contributed by atoms with Crippen LogP contribution in [0.1, 0.15) is 30.4 Å². The molecule has 1 aliphatic carbocycles. The fraction of sp³-hybridized carbons (Fsp3) is 0.250. The van der Waals surface area contributed by atoms with E-state index in [1.54, 1.807) is 37.5 Å². The molecule has 0 radical (unpaired) electrons. The van der Waals surface area contributed by atoms with Crippen molar-refractivity contribution in [1.29, 1.82) is 10.8 Å². The summed E-state index contributed by atoms with van der Waals surface area (Å²) in [6.07, 6.45) is 6.32. The Balaban J connectivity index is 1.75. The third kappa shape index (κ3) is 4.08. The van der Waals surface area contributed by atoms with Crippen molar-refractivity contribution in [1.82, 2.24) is 5.32 Å². The van der Waals surface area contributed by atoms with Crippen molar-refractivity contribution in [3.05, 3.63) is 59.7 Å². The molecule has 7 heteroatoms. The fourth-order valence-corrected chi connectivity index (χ4v) is 3.07. The average Bonchev–Trinajstić information content (AvgIpc) is 3.19. The number of anilines is 1. The van der Waals surface area contributed by atoms with E-state index in [-0.39, 0.29) is 17.6 Å². The summed E-state index contributed by atoms with van der Waals surface area (Å²) >= 11 is 0. The number of esters is 1. The van der Waals surface area contributed by atoms with Crippen LogP contribution in [-0.2, 0) is 4.79 Å². The number of benzene rings is 1. The van der Waals surface area contributed by atoms with Gasteiger partial charge >= 0.3 is 5.97 Å². The van der Waals surface area contributed by atoms with Crippen molar-refractivity contribution in [3.63, 3.8) is 0 Å². The first-order chi connectivity index (χ1) is 13.0.